The van der Waals surface area contributed by atoms with Crippen molar-refractivity contribution >= 4 is 27.5 Å². The number of anilines is 1. The number of aryl methyl sites for hydroxylation is 2. The molecule has 0 saturated heterocycles. The van der Waals surface area contributed by atoms with E-state index in [1.165, 1.54) is 6.07 Å². The lowest BCUT2D eigenvalue weighted by Gasteiger charge is -2.08. The summed E-state index contributed by atoms with van der Waals surface area (Å²) in [4.78, 5) is 12.6. The van der Waals surface area contributed by atoms with Crippen molar-refractivity contribution in [3.05, 3.63) is 82.8 Å². The first-order valence-electron chi connectivity index (χ1n) is 8.99. The molecule has 0 aliphatic carbocycles. The number of nitrogens with one attached hydrogen (secondary N) is 2. The number of benzene rings is 2. The molecule has 2 aromatic carbocycles. The van der Waals surface area contributed by atoms with Crippen molar-refractivity contribution < 1.29 is 17.6 Å². The van der Waals surface area contributed by atoms with Crippen LogP contribution in [0.25, 0.3) is 0 Å². The quantitative estimate of drug-likeness (QED) is 0.688. The topological polar surface area (TPSA) is 101 Å². The molecule has 1 aliphatic heterocycles. The summed E-state index contributed by atoms with van der Waals surface area (Å²) >= 11 is 0. The number of carbonyl (C=O) groups excluding carboxylic acids is 1. The van der Waals surface area contributed by atoms with E-state index in [1.807, 2.05) is 19.9 Å². The van der Waals surface area contributed by atoms with Crippen molar-refractivity contribution in [1.29, 1.82) is 0 Å². The van der Waals surface area contributed by atoms with E-state index in [9.17, 15) is 13.2 Å². The standard InChI is InChI=1S/C21H19N3O4S/c1-13-11-16(14(2)28-13)12-22-21(25)15-7-9-17(10-8-15)23-20-18-5-3-4-6-19(18)29(26,27)24-20/h3-11H,12H2,1-2H3,(H,22,25)(H,23,24). The smallest absolute Gasteiger partial charge is 0.285 e. The summed E-state index contributed by atoms with van der Waals surface area (Å²) < 4.78 is 33.5. The van der Waals surface area contributed by atoms with E-state index < -0.39 is 10.0 Å². The predicted molar refractivity (Wildman–Crippen MR) is 110 cm³/mol. The molecule has 0 unspecified atom stereocenters. The molecule has 0 atom stereocenters. The van der Waals surface area contributed by atoms with Gasteiger partial charge >= 0.3 is 0 Å². The number of amidine groups is 1. The Morgan fingerprint density at radius 2 is 1.79 bits per heavy atom. The Kier molecular flexibility index (Phi) is 4.71. The van der Waals surface area contributed by atoms with Crippen LogP contribution in [0.2, 0.25) is 0 Å². The molecule has 2 heterocycles. The Morgan fingerprint density at radius 3 is 2.48 bits per heavy atom. The van der Waals surface area contributed by atoms with Crippen LogP contribution in [0.3, 0.4) is 0 Å². The number of amides is 1. The first kappa shape index (κ1) is 18.9. The zero-order valence-electron chi connectivity index (χ0n) is 15.9. The second-order valence-electron chi connectivity index (χ2n) is 6.73. The molecule has 3 aromatic rings. The van der Waals surface area contributed by atoms with Gasteiger partial charge in [0.05, 0.1) is 0 Å². The Bertz CT molecular complexity index is 1230. The SMILES string of the molecule is Cc1cc(CNC(=O)c2ccc(NC3=NS(=O)(=O)c4ccccc43)cc2)c(C)o1. The summed E-state index contributed by atoms with van der Waals surface area (Å²) in [7, 11) is -3.68. The minimum atomic E-state index is -3.68. The number of sulfonamides is 1. The third-order valence-electron chi connectivity index (χ3n) is 4.62. The van der Waals surface area contributed by atoms with Gasteiger partial charge in [-0.2, -0.15) is 8.42 Å². The van der Waals surface area contributed by atoms with Gasteiger partial charge in [-0.1, -0.05) is 12.1 Å². The number of hydrogen-bond donors (Lipinski definition) is 2. The molecule has 0 spiro atoms. The fourth-order valence-electron chi connectivity index (χ4n) is 3.17. The fraction of sp³-hybridized carbons (Fsp3) is 0.143. The van der Waals surface area contributed by atoms with Crippen LogP contribution in [0.5, 0.6) is 0 Å². The van der Waals surface area contributed by atoms with Gasteiger partial charge in [-0.15, -0.1) is 4.40 Å². The third kappa shape index (κ3) is 3.79. The maximum atomic E-state index is 12.4. The van der Waals surface area contributed by atoms with Crippen LogP contribution < -0.4 is 10.6 Å². The van der Waals surface area contributed by atoms with Crippen LogP contribution in [0, 0.1) is 13.8 Å². The molecular weight excluding hydrogens is 390 g/mol. The predicted octanol–water partition coefficient (Wildman–Crippen LogP) is 3.39. The molecular formula is C21H19N3O4S. The number of carbonyl (C=O) groups is 1. The Hall–Kier alpha value is -3.39. The summed E-state index contributed by atoms with van der Waals surface area (Å²) in [6.07, 6.45) is 0. The van der Waals surface area contributed by atoms with Crippen LogP contribution in [0.4, 0.5) is 5.69 Å². The minimum absolute atomic E-state index is 0.184. The summed E-state index contributed by atoms with van der Waals surface area (Å²) in [6, 6.07) is 15.3. The van der Waals surface area contributed by atoms with Crippen LogP contribution in [0.1, 0.15) is 33.0 Å². The molecule has 1 amide bonds. The first-order chi connectivity index (χ1) is 13.8. The maximum absolute atomic E-state index is 12.4. The average Bonchev–Trinajstić information content (AvgIpc) is 3.15. The van der Waals surface area contributed by atoms with Crippen molar-refractivity contribution in [2.24, 2.45) is 4.40 Å². The molecule has 8 heteroatoms. The van der Waals surface area contributed by atoms with Gasteiger partial charge in [0, 0.05) is 28.9 Å². The van der Waals surface area contributed by atoms with Gasteiger partial charge in [0.1, 0.15) is 16.4 Å². The van der Waals surface area contributed by atoms with E-state index in [1.54, 1.807) is 42.5 Å². The number of furan rings is 1. The lowest BCUT2D eigenvalue weighted by molar-refractivity contribution is 0.0951. The van der Waals surface area contributed by atoms with Gasteiger partial charge in [0.25, 0.3) is 15.9 Å². The second kappa shape index (κ2) is 7.21. The van der Waals surface area contributed by atoms with Crippen LogP contribution >= 0.6 is 0 Å². The highest BCUT2D eigenvalue weighted by molar-refractivity contribution is 7.90. The average molecular weight is 409 g/mol. The van der Waals surface area contributed by atoms with Crippen LogP contribution in [-0.2, 0) is 16.6 Å². The highest BCUT2D eigenvalue weighted by Gasteiger charge is 2.28. The second-order valence-corrected chi connectivity index (χ2v) is 8.31. The molecule has 0 radical (unpaired) electrons. The molecule has 0 fully saturated rings. The van der Waals surface area contributed by atoms with Crippen molar-refractivity contribution in [2.75, 3.05) is 5.32 Å². The largest absolute Gasteiger partial charge is 0.466 e. The lowest BCUT2D eigenvalue weighted by Crippen LogP contribution is -2.22. The zero-order chi connectivity index (χ0) is 20.6. The van der Waals surface area contributed by atoms with E-state index in [2.05, 4.69) is 15.0 Å². The minimum Gasteiger partial charge on any atom is -0.466 e. The molecule has 29 heavy (non-hydrogen) atoms. The number of fused-ring (bicyclic) bond motifs is 1. The summed E-state index contributed by atoms with van der Waals surface area (Å²) in [5.41, 5.74) is 2.59. The van der Waals surface area contributed by atoms with Gasteiger partial charge in [-0.25, -0.2) is 0 Å². The fourth-order valence-corrected chi connectivity index (χ4v) is 4.35. The van der Waals surface area contributed by atoms with E-state index in [-0.39, 0.29) is 16.6 Å². The molecule has 4 rings (SSSR count). The van der Waals surface area contributed by atoms with Crippen molar-refractivity contribution in [1.82, 2.24) is 5.32 Å². The van der Waals surface area contributed by atoms with Gasteiger partial charge in [-0.05, 0) is 56.3 Å². The van der Waals surface area contributed by atoms with Crippen molar-refractivity contribution in [3.63, 3.8) is 0 Å². The molecule has 1 aromatic heterocycles. The van der Waals surface area contributed by atoms with E-state index >= 15 is 0 Å². The number of nitrogens with zero attached hydrogens (tertiary/aromatic N) is 1. The van der Waals surface area contributed by atoms with E-state index in [0.29, 0.717) is 23.4 Å². The molecule has 2 N–H and O–H groups in total. The number of hydrogen-bond acceptors (Lipinski definition) is 5. The van der Waals surface area contributed by atoms with Gasteiger partial charge in [0.15, 0.2) is 5.84 Å². The van der Waals surface area contributed by atoms with Crippen LogP contribution in [-0.4, -0.2) is 20.2 Å². The Balaban J connectivity index is 1.45. The molecule has 1 aliphatic rings. The third-order valence-corrected chi connectivity index (χ3v) is 5.96. The monoisotopic (exact) mass is 409 g/mol. The zero-order valence-corrected chi connectivity index (χ0v) is 16.7. The van der Waals surface area contributed by atoms with Gasteiger partial charge in [-0.3, -0.25) is 4.79 Å². The van der Waals surface area contributed by atoms with E-state index in [0.717, 1.165) is 17.1 Å². The Labute approximate surface area is 168 Å². The van der Waals surface area contributed by atoms with E-state index in [4.69, 9.17) is 4.42 Å². The van der Waals surface area contributed by atoms with Crippen molar-refractivity contribution in [2.45, 2.75) is 25.3 Å². The summed E-state index contributed by atoms with van der Waals surface area (Å²) in [5, 5.41) is 5.88. The van der Waals surface area contributed by atoms with Gasteiger partial charge < -0.3 is 15.1 Å². The molecule has 7 nitrogen and oxygen atoms in total. The molecule has 0 saturated carbocycles. The highest BCUT2D eigenvalue weighted by Crippen LogP contribution is 2.26. The van der Waals surface area contributed by atoms with Gasteiger partial charge in [0.2, 0.25) is 0 Å². The molecule has 148 valence electrons. The number of rotatable bonds is 4. The highest BCUT2D eigenvalue weighted by atomic mass is 32.2. The van der Waals surface area contributed by atoms with Crippen LogP contribution in [0.15, 0.2) is 68.3 Å². The first-order valence-corrected chi connectivity index (χ1v) is 10.4. The molecule has 0 bridgehead atoms. The normalized spacial score (nSPS) is 14.2. The summed E-state index contributed by atoms with van der Waals surface area (Å²) in [6.45, 7) is 4.11. The van der Waals surface area contributed by atoms with Crippen molar-refractivity contribution in [3.8, 4) is 0 Å². The Morgan fingerprint density at radius 1 is 1.07 bits per heavy atom. The maximum Gasteiger partial charge on any atom is 0.285 e. The summed E-state index contributed by atoms with van der Waals surface area (Å²) in [5.74, 6) is 1.65. The lowest BCUT2D eigenvalue weighted by atomic mass is 10.1.